The summed E-state index contributed by atoms with van der Waals surface area (Å²) >= 11 is 5.59. The average molecular weight is 385 g/mol. The van der Waals surface area contributed by atoms with Crippen LogP contribution in [0.3, 0.4) is 0 Å². The predicted molar refractivity (Wildman–Crippen MR) is 93.5 cm³/mol. The number of nitro benzene ring substituents is 1. The van der Waals surface area contributed by atoms with Crippen molar-refractivity contribution in [3.05, 3.63) is 39.9 Å². The number of carbonyl (C=O) groups is 2. The monoisotopic (exact) mass is 384 g/mol. The second-order valence-corrected chi connectivity index (χ2v) is 5.65. The molecule has 0 aromatic heterocycles. The van der Waals surface area contributed by atoms with E-state index in [4.69, 9.17) is 23.1 Å². The highest BCUT2D eigenvalue weighted by Gasteiger charge is 2.25. The summed E-state index contributed by atoms with van der Waals surface area (Å²) in [6.07, 6.45) is -1.04. The van der Waals surface area contributed by atoms with Gasteiger partial charge in [-0.2, -0.15) is 0 Å². The number of aliphatic imine (C=N–C) groups is 1. The van der Waals surface area contributed by atoms with Crippen molar-refractivity contribution in [2.75, 3.05) is 12.4 Å². The maximum absolute atomic E-state index is 12.1. The van der Waals surface area contributed by atoms with Gasteiger partial charge in [-0.1, -0.05) is 12.1 Å². The fourth-order valence-corrected chi connectivity index (χ4v) is 2.47. The molecular formula is C15H19ClN5O5-. The van der Waals surface area contributed by atoms with Gasteiger partial charge in [-0.25, -0.2) is 0 Å². The van der Waals surface area contributed by atoms with Crippen molar-refractivity contribution in [2.45, 2.75) is 25.4 Å². The first-order valence-corrected chi connectivity index (χ1v) is 8.14. The van der Waals surface area contributed by atoms with Crippen LogP contribution in [0.5, 0.6) is 0 Å². The molecule has 0 unspecified atom stereocenters. The first-order chi connectivity index (χ1) is 12.3. The summed E-state index contributed by atoms with van der Waals surface area (Å²) in [5.74, 6) is -0.952. The molecule has 1 rings (SSSR count). The molecule has 0 aliphatic carbocycles. The maximum Gasteiger partial charge on any atom is 0.269 e. The number of non-ortho nitro benzene ring substituents is 1. The maximum atomic E-state index is 12.1. The van der Waals surface area contributed by atoms with Crippen molar-refractivity contribution in [3.8, 4) is 0 Å². The molecule has 0 fully saturated rings. The van der Waals surface area contributed by atoms with Gasteiger partial charge in [-0.05, 0) is 18.4 Å². The Balaban J connectivity index is 2.92. The van der Waals surface area contributed by atoms with E-state index in [2.05, 4.69) is 4.99 Å². The number of ketones is 1. The molecule has 1 aromatic carbocycles. The number of rotatable bonds is 10. The number of nitrogens with zero attached hydrogens (tertiary/aromatic N) is 3. The van der Waals surface area contributed by atoms with Crippen LogP contribution in [0.1, 0.15) is 18.4 Å². The summed E-state index contributed by atoms with van der Waals surface area (Å²) in [5.41, 5.74) is 10.8. The first kappa shape index (κ1) is 21.2. The normalized spacial score (nSPS) is 11.4. The smallest absolute Gasteiger partial charge is 0.269 e. The van der Waals surface area contributed by atoms with Gasteiger partial charge in [-0.15, -0.1) is 11.6 Å². The molecule has 1 atom stereocenters. The van der Waals surface area contributed by atoms with Crippen LogP contribution in [0, 0.1) is 10.1 Å². The third-order valence-electron chi connectivity index (χ3n) is 3.54. The van der Waals surface area contributed by atoms with E-state index in [1.165, 1.54) is 24.3 Å². The number of carbonyl (C=O) groups excluding carboxylic acids is 2. The number of Topliss-reactive ketones (excluding diaryl/α,β-unsaturated/α-hetero) is 1. The zero-order chi connectivity index (χ0) is 19.7. The third kappa shape index (κ3) is 6.55. The van der Waals surface area contributed by atoms with E-state index in [1.54, 1.807) is 0 Å². The number of alkyl halides is 1. The van der Waals surface area contributed by atoms with Crippen LogP contribution >= 0.6 is 11.6 Å². The number of nitrogens with two attached hydrogens (primary N) is 2. The highest BCUT2D eigenvalue weighted by Crippen LogP contribution is 2.17. The molecule has 0 aliphatic rings. The van der Waals surface area contributed by atoms with E-state index in [0.717, 1.165) is 4.90 Å². The fraction of sp³-hybridized carbons (Fsp3) is 0.400. The average Bonchev–Trinajstić information content (AvgIpc) is 2.59. The third-order valence-corrected chi connectivity index (χ3v) is 3.81. The molecule has 26 heavy (non-hydrogen) atoms. The summed E-state index contributed by atoms with van der Waals surface area (Å²) in [6.45, 7) is 0.0583. The quantitative estimate of drug-likeness (QED) is 0.142. The molecule has 0 saturated heterocycles. The molecule has 4 N–H and O–H groups in total. The van der Waals surface area contributed by atoms with E-state index in [-0.39, 0.29) is 37.0 Å². The van der Waals surface area contributed by atoms with Gasteiger partial charge < -0.3 is 26.3 Å². The van der Waals surface area contributed by atoms with Gasteiger partial charge >= 0.3 is 0 Å². The first-order valence-electron chi connectivity index (χ1n) is 7.61. The summed E-state index contributed by atoms with van der Waals surface area (Å²) in [5, 5.41) is 22.2. The Labute approximate surface area is 154 Å². The van der Waals surface area contributed by atoms with Crippen molar-refractivity contribution in [1.82, 2.24) is 4.90 Å². The Morgan fingerprint density at radius 2 is 1.88 bits per heavy atom. The number of guanidine groups is 1. The molecule has 11 heteroatoms. The second-order valence-electron chi connectivity index (χ2n) is 5.38. The molecule has 0 heterocycles. The summed E-state index contributed by atoms with van der Waals surface area (Å²) in [4.78, 5) is 38.3. The number of halogens is 1. The fourth-order valence-electron chi connectivity index (χ4n) is 2.29. The molecular weight excluding hydrogens is 366 g/mol. The zero-order valence-corrected chi connectivity index (χ0v) is 14.6. The number of benzene rings is 1. The molecule has 0 aliphatic heterocycles. The lowest BCUT2D eigenvalue weighted by atomic mass is 10.0. The number of hydrogen-bond acceptors (Lipinski definition) is 6. The van der Waals surface area contributed by atoms with Crippen molar-refractivity contribution in [3.63, 3.8) is 0 Å². The minimum absolute atomic E-state index is 0.104. The Bertz CT molecular complexity index is 676. The number of carboxylic acid groups (broad SMARTS) is 1. The Morgan fingerprint density at radius 3 is 2.35 bits per heavy atom. The highest BCUT2D eigenvalue weighted by molar-refractivity contribution is 6.28. The van der Waals surface area contributed by atoms with Crippen LogP contribution in [0.25, 0.3) is 0 Å². The van der Waals surface area contributed by atoms with Crippen LogP contribution in [0.4, 0.5) is 10.5 Å². The van der Waals surface area contributed by atoms with Gasteiger partial charge in [0.05, 0.1) is 16.8 Å². The molecule has 10 nitrogen and oxygen atoms in total. The highest BCUT2D eigenvalue weighted by atomic mass is 35.5. The van der Waals surface area contributed by atoms with Crippen LogP contribution in [-0.2, 0) is 11.3 Å². The molecule has 0 saturated carbocycles. The zero-order valence-electron chi connectivity index (χ0n) is 13.8. The van der Waals surface area contributed by atoms with Gasteiger partial charge in [0.1, 0.15) is 6.09 Å². The van der Waals surface area contributed by atoms with Crippen molar-refractivity contribution < 1.29 is 19.6 Å². The van der Waals surface area contributed by atoms with E-state index < -0.39 is 22.8 Å². The van der Waals surface area contributed by atoms with Crippen molar-refractivity contribution >= 4 is 35.1 Å². The lowest BCUT2D eigenvalue weighted by Gasteiger charge is -2.32. The van der Waals surface area contributed by atoms with Gasteiger partial charge in [0, 0.05) is 25.2 Å². The second kappa shape index (κ2) is 10.2. The standard InChI is InChI=1S/C15H20ClN5O5/c16-8-13(22)12(2-1-7-19-14(17)18)20(15(23)24)9-10-3-5-11(6-4-10)21(25)26/h3-6,12H,1-2,7-9H2,(H,23,24)(H4,17,18,19)/p-1/t12-/m0/s1. The Hall–Kier alpha value is -2.88. The lowest BCUT2D eigenvalue weighted by molar-refractivity contribution is -0.384. The summed E-state index contributed by atoms with van der Waals surface area (Å²) < 4.78 is 0. The van der Waals surface area contributed by atoms with Crippen molar-refractivity contribution in [1.29, 1.82) is 0 Å². The largest absolute Gasteiger partial charge is 0.530 e. The molecule has 1 aromatic rings. The Morgan fingerprint density at radius 1 is 1.27 bits per heavy atom. The summed E-state index contributed by atoms with van der Waals surface area (Å²) in [6, 6.07) is 4.30. The number of hydrogen-bond donors (Lipinski definition) is 2. The predicted octanol–water partition coefficient (Wildman–Crippen LogP) is -0.0298. The van der Waals surface area contributed by atoms with Crippen LogP contribution in [0.15, 0.2) is 29.3 Å². The molecule has 1 amide bonds. The number of nitro groups is 1. The van der Waals surface area contributed by atoms with Crippen molar-refractivity contribution in [2.24, 2.45) is 16.5 Å². The van der Waals surface area contributed by atoms with Crippen LogP contribution in [-0.4, -0.2) is 46.1 Å². The topological polar surface area (TPSA) is 168 Å². The number of amides is 1. The van der Waals surface area contributed by atoms with Crippen LogP contribution < -0.4 is 16.6 Å². The molecule has 142 valence electrons. The van der Waals surface area contributed by atoms with E-state index in [9.17, 15) is 24.8 Å². The SMILES string of the molecule is NC(N)=NCCC[C@@H](C(=O)CCl)N(Cc1ccc([N+](=O)[O-])cc1)C(=O)[O-]. The molecule has 0 spiro atoms. The van der Waals surface area contributed by atoms with E-state index in [0.29, 0.717) is 12.0 Å². The van der Waals surface area contributed by atoms with Gasteiger partial charge in [0.25, 0.3) is 5.69 Å². The minimum Gasteiger partial charge on any atom is -0.530 e. The van der Waals surface area contributed by atoms with Crippen LogP contribution in [0.2, 0.25) is 0 Å². The van der Waals surface area contributed by atoms with Gasteiger partial charge in [0.2, 0.25) is 0 Å². The molecule has 0 bridgehead atoms. The van der Waals surface area contributed by atoms with Gasteiger partial charge in [0.15, 0.2) is 11.7 Å². The molecule has 0 radical (unpaired) electrons. The lowest BCUT2D eigenvalue weighted by Crippen LogP contribution is -2.50. The van der Waals surface area contributed by atoms with E-state index in [1.807, 2.05) is 0 Å². The van der Waals surface area contributed by atoms with E-state index >= 15 is 0 Å². The summed E-state index contributed by atoms with van der Waals surface area (Å²) in [7, 11) is 0. The minimum atomic E-state index is -1.55. The Kier molecular flexibility index (Phi) is 8.29. The van der Waals surface area contributed by atoms with Gasteiger partial charge in [-0.3, -0.25) is 19.9 Å².